The molecule has 0 fully saturated rings. The van der Waals surface area contributed by atoms with Crippen molar-refractivity contribution in [2.75, 3.05) is 6.26 Å². The first-order valence-corrected chi connectivity index (χ1v) is 11.5. The van der Waals surface area contributed by atoms with Crippen LogP contribution in [0.4, 0.5) is 4.39 Å². The third-order valence-corrected chi connectivity index (χ3v) is 7.16. The second-order valence-corrected chi connectivity index (χ2v) is 9.79. The molecule has 2 aliphatic carbocycles. The topological polar surface area (TPSA) is 78.2 Å². The summed E-state index contributed by atoms with van der Waals surface area (Å²) in [4.78, 5) is 0.189. The summed E-state index contributed by atoms with van der Waals surface area (Å²) in [6, 6.07) is 8.34. The highest BCUT2D eigenvalue weighted by Gasteiger charge is 2.33. The Hall–Kier alpha value is -2.23. The molecule has 2 aromatic rings. The maximum absolute atomic E-state index is 13.9. The van der Waals surface area contributed by atoms with Crippen molar-refractivity contribution in [3.63, 3.8) is 0 Å². The molecule has 0 spiro atoms. The number of halogens is 1. The molecule has 0 saturated carbocycles. The lowest BCUT2D eigenvalue weighted by Gasteiger charge is -2.32. The molecule has 0 aromatic heterocycles. The third kappa shape index (κ3) is 3.13. The average molecular weight is 399 g/mol. The highest BCUT2D eigenvalue weighted by atomic mass is 32.2. The van der Waals surface area contributed by atoms with Gasteiger partial charge >= 0.3 is 0 Å². The highest BCUT2D eigenvalue weighted by molar-refractivity contribution is 7.90. The van der Waals surface area contributed by atoms with Crippen molar-refractivity contribution < 1.29 is 17.9 Å². The normalized spacial score (nSPS) is 21.5. The molecule has 1 N–H and O–H groups in total. The summed E-state index contributed by atoms with van der Waals surface area (Å²) < 4.78 is 38.5. The molecule has 0 radical (unpaired) electrons. The van der Waals surface area contributed by atoms with Crippen molar-refractivity contribution in [3.05, 3.63) is 63.5 Å². The Morgan fingerprint density at radius 2 is 1.89 bits per heavy atom. The fourth-order valence-electron chi connectivity index (χ4n) is 4.91. The van der Waals surface area contributed by atoms with Crippen LogP contribution in [-0.2, 0) is 22.7 Å². The number of fused-ring (bicyclic) bond motifs is 2. The Morgan fingerprint density at radius 3 is 2.61 bits per heavy atom. The summed E-state index contributed by atoms with van der Waals surface area (Å²) in [6.45, 7) is 0. The minimum absolute atomic E-state index is 0.0911. The summed E-state index contributed by atoms with van der Waals surface area (Å²) in [7, 11) is -3.47. The first kappa shape index (κ1) is 19.1. The second kappa shape index (κ2) is 6.98. The van der Waals surface area contributed by atoms with Gasteiger partial charge in [-0.2, -0.15) is 5.26 Å². The van der Waals surface area contributed by atoms with Gasteiger partial charge in [-0.05, 0) is 79.0 Å². The molecule has 6 heteroatoms. The van der Waals surface area contributed by atoms with Crippen LogP contribution in [0.3, 0.4) is 0 Å². The standard InChI is InChI=1S/C22H22FNO3S/c1-28(26,27)20-9-8-16(18-6-3-7-19(25)22(18)20)17-5-2-4-13-10-15(23)11-14(12-24)21(13)17/h8-11,17,19,25H,2-7H2,1H3. The van der Waals surface area contributed by atoms with E-state index in [9.17, 15) is 23.2 Å². The Morgan fingerprint density at radius 1 is 1.14 bits per heavy atom. The lowest BCUT2D eigenvalue weighted by Crippen LogP contribution is -2.20. The van der Waals surface area contributed by atoms with Gasteiger partial charge in [-0.15, -0.1) is 0 Å². The van der Waals surface area contributed by atoms with E-state index in [1.165, 1.54) is 12.1 Å². The van der Waals surface area contributed by atoms with Crippen molar-refractivity contribution in [2.45, 2.75) is 55.4 Å². The van der Waals surface area contributed by atoms with Gasteiger partial charge in [0.15, 0.2) is 9.84 Å². The van der Waals surface area contributed by atoms with Crippen LogP contribution in [0.1, 0.15) is 71.1 Å². The number of nitrogens with zero attached hydrogens (tertiary/aromatic N) is 1. The first-order chi connectivity index (χ1) is 13.3. The van der Waals surface area contributed by atoms with E-state index in [0.717, 1.165) is 54.2 Å². The second-order valence-electron chi connectivity index (χ2n) is 7.81. The number of aryl methyl sites for hydroxylation is 1. The van der Waals surface area contributed by atoms with Crippen LogP contribution in [0.15, 0.2) is 29.2 Å². The van der Waals surface area contributed by atoms with Crippen molar-refractivity contribution in [3.8, 4) is 6.07 Å². The van der Waals surface area contributed by atoms with Gasteiger partial charge in [0.05, 0.1) is 22.6 Å². The van der Waals surface area contributed by atoms with Crippen molar-refractivity contribution in [1.82, 2.24) is 0 Å². The van der Waals surface area contributed by atoms with E-state index in [-0.39, 0.29) is 10.8 Å². The van der Waals surface area contributed by atoms with Crippen LogP contribution in [0, 0.1) is 17.1 Å². The van der Waals surface area contributed by atoms with Crippen LogP contribution in [-0.4, -0.2) is 19.8 Å². The quantitative estimate of drug-likeness (QED) is 0.830. The molecule has 2 aromatic carbocycles. The zero-order valence-electron chi connectivity index (χ0n) is 15.7. The molecule has 2 atom stereocenters. The molecule has 28 heavy (non-hydrogen) atoms. The predicted octanol–water partition coefficient (Wildman–Crippen LogP) is 3.94. The van der Waals surface area contributed by atoms with Crippen LogP contribution in [0.2, 0.25) is 0 Å². The van der Waals surface area contributed by atoms with E-state index in [1.54, 1.807) is 6.07 Å². The lowest BCUT2D eigenvalue weighted by atomic mass is 9.73. The fourth-order valence-corrected chi connectivity index (χ4v) is 5.88. The maximum atomic E-state index is 13.9. The molecule has 2 aliphatic rings. The molecule has 0 heterocycles. The van der Waals surface area contributed by atoms with Gasteiger partial charge in [0, 0.05) is 17.7 Å². The first-order valence-electron chi connectivity index (χ1n) is 9.57. The number of rotatable bonds is 2. The monoisotopic (exact) mass is 399 g/mol. The molecule has 0 saturated heterocycles. The van der Waals surface area contributed by atoms with Gasteiger partial charge in [-0.1, -0.05) is 6.07 Å². The molecule has 0 amide bonds. The van der Waals surface area contributed by atoms with Crippen LogP contribution >= 0.6 is 0 Å². The van der Waals surface area contributed by atoms with E-state index in [1.807, 2.05) is 6.07 Å². The van der Waals surface area contributed by atoms with Gasteiger partial charge in [-0.3, -0.25) is 0 Å². The molecule has 4 rings (SSSR count). The van der Waals surface area contributed by atoms with Gasteiger partial charge in [-0.25, -0.2) is 12.8 Å². The minimum Gasteiger partial charge on any atom is -0.388 e. The number of benzene rings is 2. The number of nitriles is 1. The zero-order chi connectivity index (χ0) is 20.1. The smallest absolute Gasteiger partial charge is 0.175 e. The molecular weight excluding hydrogens is 377 g/mol. The van der Waals surface area contributed by atoms with Gasteiger partial charge in [0.25, 0.3) is 0 Å². The molecule has 0 bridgehead atoms. The summed E-state index contributed by atoms with van der Waals surface area (Å²) in [5.74, 6) is -0.493. The Balaban J connectivity index is 1.96. The molecular formula is C22H22FNO3S. The van der Waals surface area contributed by atoms with E-state index >= 15 is 0 Å². The Bertz CT molecular complexity index is 1100. The Kier molecular flexibility index (Phi) is 4.76. The molecule has 4 nitrogen and oxygen atoms in total. The van der Waals surface area contributed by atoms with Crippen LogP contribution < -0.4 is 0 Å². The van der Waals surface area contributed by atoms with E-state index < -0.39 is 21.8 Å². The lowest BCUT2D eigenvalue weighted by molar-refractivity contribution is 0.153. The van der Waals surface area contributed by atoms with Crippen LogP contribution in [0.5, 0.6) is 0 Å². The van der Waals surface area contributed by atoms with E-state index in [0.29, 0.717) is 24.0 Å². The van der Waals surface area contributed by atoms with E-state index in [4.69, 9.17) is 0 Å². The number of hydrogen-bond donors (Lipinski definition) is 1. The molecule has 0 aliphatic heterocycles. The number of sulfone groups is 1. The third-order valence-electron chi connectivity index (χ3n) is 6.00. The Labute approximate surface area is 164 Å². The summed E-state index contributed by atoms with van der Waals surface area (Å²) >= 11 is 0. The van der Waals surface area contributed by atoms with Crippen molar-refractivity contribution in [2.24, 2.45) is 0 Å². The average Bonchev–Trinajstić information content (AvgIpc) is 2.65. The summed E-state index contributed by atoms with van der Waals surface area (Å²) in [6.07, 6.45) is 4.78. The molecule has 146 valence electrons. The highest BCUT2D eigenvalue weighted by Crippen LogP contribution is 2.45. The van der Waals surface area contributed by atoms with Crippen molar-refractivity contribution >= 4 is 9.84 Å². The largest absolute Gasteiger partial charge is 0.388 e. The molecule has 2 unspecified atom stereocenters. The van der Waals surface area contributed by atoms with E-state index in [2.05, 4.69) is 6.07 Å². The van der Waals surface area contributed by atoms with Gasteiger partial charge in [0.2, 0.25) is 0 Å². The number of hydrogen-bond acceptors (Lipinski definition) is 4. The SMILES string of the molecule is CS(=O)(=O)c1ccc(C2CCCc3cc(F)cc(C#N)c32)c2c1C(O)CCC2. The maximum Gasteiger partial charge on any atom is 0.175 e. The number of aliphatic hydroxyl groups is 1. The fraction of sp³-hybridized carbons (Fsp3) is 0.409. The summed E-state index contributed by atoms with van der Waals surface area (Å²) in [5, 5.41) is 20.2. The summed E-state index contributed by atoms with van der Waals surface area (Å²) in [5.41, 5.74) is 4.41. The van der Waals surface area contributed by atoms with Gasteiger partial charge in [0.1, 0.15) is 5.82 Å². The van der Waals surface area contributed by atoms with Crippen molar-refractivity contribution in [1.29, 1.82) is 5.26 Å². The zero-order valence-corrected chi connectivity index (χ0v) is 16.5. The van der Waals surface area contributed by atoms with Crippen LogP contribution in [0.25, 0.3) is 0 Å². The van der Waals surface area contributed by atoms with Gasteiger partial charge < -0.3 is 5.11 Å². The number of aliphatic hydroxyl groups excluding tert-OH is 1. The predicted molar refractivity (Wildman–Crippen MR) is 103 cm³/mol. The minimum atomic E-state index is -3.47.